The Bertz CT molecular complexity index is 798. The molecule has 1 atom stereocenters. The number of carboxylic acids is 1. The number of hydrogen-bond donors (Lipinski definition) is 2. The molecule has 1 aliphatic rings. The Morgan fingerprint density at radius 1 is 1.29 bits per heavy atom. The number of carbonyl (C=O) groups excluding carboxylic acids is 2. The van der Waals surface area contributed by atoms with Crippen molar-refractivity contribution in [2.75, 3.05) is 7.11 Å². The van der Waals surface area contributed by atoms with Gasteiger partial charge < -0.3 is 15.2 Å². The van der Waals surface area contributed by atoms with Gasteiger partial charge in [0.1, 0.15) is 0 Å². The van der Waals surface area contributed by atoms with Crippen molar-refractivity contribution in [2.45, 2.75) is 12.8 Å². The van der Waals surface area contributed by atoms with Gasteiger partial charge in [0.25, 0.3) is 0 Å². The van der Waals surface area contributed by atoms with Crippen molar-refractivity contribution >= 4 is 41.4 Å². The van der Waals surface area contributed by atoms with E-state index in [1.165, 1.54) is 25.1 Å². The van der Waals surface area contributed by atoms with Gasteiger partial charge in [-0.15, -0.1) is 0 Å². The molecule has 0 bridgehead atoms. The first-order chi connectivity index (χ1) is 11.3. The molecule has 0 amide bonds. The monoisotopic (exact) mass is 369 g/mol. The summed E-state index contributed by atoms with van der Waals surface area (Å²) in [5.74, 6) is -3.14. The van der Waals surface area contributed by atoms with Crippen molar-refractivity contribution in [3.63, 3.8) is 0 Å². The molecule has 0 spiro atoms. The number of rotatable bonds is 4. The van der Waals surface area contributed by atoms with E-state index in [2.05, 4.69) is 5.32 Å². The lowest BCUT2D eigenvalue weighted by molar-refractivity contribution is -0.136. The quantitative estimate of drug-likeness (QED) is 0.625. The number of aldehydes is 1. The third kappa shape index (κ3) is 3.16. The predicted octanol–water partition coefficient (Wildman–Crippen LogP) is 2.66. The Balaban J connectivity index is 2.80. The summed E-state index contributed by atoms with van der Waals surface area (Å²) in [7, 11) is 1.14. The first kappa shape index (κ1) is 18.0. The van der Waals surface area contributed by atoms with E-state index >= 15 is 0 Å². The molecule has 1 aliphatic heterocycles. The summed E-state index contributed by atoms with van der Waals surface area (Å²) in [6.45, 7) is 1.50. The first-order valence-corrected chi connectivity index (χ1v) is 7.51. The second-order valence-corrected chi connectivity index (χ2v) is 5.85. The van der Waals surface area contributed by atoms with Crippen LogP contribution in [0.25, 0.3) is 0 Å². The van der Waals surface area contributed by atoms with Crippen LogP contribution in [0, 0.1) is 0 Å². The number of methoxy groups -OCH3 is 1. The van der Waals surface area contributed by atoms with Crippen molar-refractivity contribution in [2.24, 2.45) is 0 Å². The summed E-state index contributed by atoms with van der Waals surface area (Å²) in [4.78, 5) is 35.3. The van der Waals surface area contributed by atoms with Gasteiger partial charge in [0, 0.05) is 15.7 Å². The summed E-state index contributed by atoms with van der Waals surface area (Å²) in [5, 5.41) is 12.8. The molecule has 126 valence electrons. The fourth-order valence-corrected chi connectivity index (χ4v) is 3.13. The van der Waals surface area contributed by atoms with Crippen LogP contribution < -0.4 is 5.32 Å². The van der Waals surface area contributed by atoms with E-state index in [1.807, 2.05) is 0 Å². The number of aliphatic carboxylic acids is 1. The second-order valence-electron chi connectivity index (χ2n) is 5.00. The van der Waals surface area contributed by atoms with Gasteiger partial charge in [-0.2, -0.15) is 0 Å². The van der Waals surface area contributed by atoms with E-state index in [9.17, 15) is 19.5 Å². The van der Waals surface area contributed by atoms with Crippen LogP contribution in [0.4, 0.5) is 0 Å². The van der Waals surface area contributed by atoms with Crippen LogP contribution in [0.3, 0.4) is 0 Å². The predicted molar refractivity (Wildman–Crippen MR) is 87.8 cm³/mol. The van der Waals surface area contributed by atoms with E-state index < -0.39 is 17.9 Å². The summed E-state index contributed by atoms with van der Waals surface area (Å²) >= 11 is 12.1. The second kappa shape index (κ2) is 7.07. The topological polar surface area (TPSA) is 92.7 Å². The minimum Gasteiger partial charge on any atom is -0.478 e. The molecule has 0 radical (unpaired) electrons. The van der Waals surface area contributed by atoms with Gasteiger partial charge in [0.05, 0.1) is 29.9 Å². The van der Waals surface area contributed by atoms with E-state index in [-0.39, 0.29) is 27.6 Å². The highest BCUT2D eigenvalue weighted by atomic mass is 35.5. The van der Waals surface area contributed by atoms with Crippen molar-refractivity contribution < 1.29 is 24.2 Å². The highest BCUT2D eigenvalue weighted by Crippen LogP contribution is 2.41. The zero-order valence-corrected chi connectivity index (χ0v) is 14.2. The third-order valence-corrected chi connectivity index (χ3v) is 4.18. The Kier molecular flexibility index (Phi) is 5.31. The van der Waals surface area contributed by atoms with Gasteiger partial charge >= 0.3 is 11.9 Å². The number of benzene rings is 1. The van der Waals surface area contributed by atoms with Crippen LogP contribution in [0.1, 0.15) is 18.4 Å². The average molecular weight is 370 g/mol. The van der Waals surface area contributed by atoms with E-state index in [1.54, 1.807) is 0 Å². The molecule has 2 rings (SSSR count). The number of hydrogen-bond acceptors (Lipinski definition) is 5. The van der Waals surface area contributed by atoms with E-state index in [0.29, 0.717) is 16.9 Å². The van der Waals surface area contributed by atoms with Gasteiger partial charge in [0.15, 0.2) is 6.29 Å². The molecular formula is C16H13Cl2NO5. The lowest BCUT2D eigenvalue weighted by Crippen LogP contribution is -2.33. The number of carbonyl (C=O) groups is 3. The highest BCUT2D eigenvalue weighted by molar-refractivity contribution is 6.35. The number of nitrogens with one attached hydrogen (secondary N) is 1. The van der Waals surface area contributed by atoms with Gasteiger partial charge in [-0.3, -0.25) is 4.79 Å². The van der Waals surface area contributed by atoms with Crippen LogP contribution >= 0.6 is 23.2 Å². The number of ether oxygens (including phenoxy) is 1. The van der Waals surface area contributed by atoms with Crippen molar-refractivity contribution in [3.8, 4) is 0 Å². The van der Waals surface area contributed by atoms with Crippen molar-refractivity contribution in [3.05, 3.63) is 56.3 Å². The first-order valence-electron chi connectivity index (χ1n) is 6.75. The Labute approximate surface area is 147 Å². The summed E-state index contributed by atoms with van der Waals surface area (Å²) in [5.41, 5.74) is 0.262. The van der Waals surface area contributed by atoms with Gasteiger partial charge in [0.2, 0.25) is 0 Å². The van der Waals surface area contributed by atoms with Gasteiger partial charge in [-0.05, 0) is 24.6 Å². The minimum atomic E-state index is -1.25. The number of dihydropyridines is 1. The molecule has 6 nitrogen and oxygen atoms in total. The summed E-state index contributed by atoms with van der Waals surface area (Å²) < 4.78 is 4.72. The molecule has 1 heterocycles. The molecule has 1 aromatic carbocycles. The molecule has 2 N–H and O–H groups in total. The molecule has 0 fully saturated rings. The van der Waals surface area contributed by atoms with Crippen molar-refractivity contribution in [1.29, 1.82) is 0 Å². The van der Waals surface area contributed by atoms with E-state index in [0.717, 1.165) is 7.11 Å². The van der Waals surface area contributed by atoms with E-state index in [4.69, 9.17) is 27.9 Å². The largest absolute Gasteiger partial charge is 0.478 e. The maximum Gasteiger partial charge on any atom is 0.336 e. The molecule has 0 aliphatic carbocycles. The van der Waals surface area contributed by atoms with Crippen LogP contribution in [0.15, 0.2) is 40.7 Å². The van der Waals surface area contributed by atoms with Crippen molar-refractivity contribution in [1.82, 2.24) is 5.32 Å². The zero-order valence-electron chi connectivity index (χ0n) is 12.7. The average Bonchev–Trinajstić information content (AvgIpc) is 2.52. The molecule has 0 saturated carbocycles. The lowest BCUT2D eigenvalue weighted by atomic mass is 9.80. The smallest absolute Gasteiger partial charge is 0.336 e. The summed E-state index contributed by atoms with van der Waals surface area (Å²) in [6, 6.07) is 4.47. The third-order valence-electron chi connectivity index (χ3n) is 3.62. The zero-order chi connectivity index (χ0) is 18.0. The van der Waals surface area contributed by atoms with Gasteiger partial charge in [-0.1, -0.05) is 29.3 Å². The minimum absolute atomic E-state index is 0.0691. The van der Waals surface area contributed by atoms with Crippen LogP contribution in [-0.2, 0) is 19.1 Å². The Morgan fingerprint density at radius 3 is 2.46 bits per heavy atom. The maximum atomic E-state index is 12.2. The number of halogens is 2. The standard InChI is InChI=1S/C16H13Cl2NO5/c1-7-12(15(21)22)13(9-4-3-8(17)5-10(9)18)14(16(23)24-2)11(6-20)19-7/h3-6,13,19H,1-2H3,(H,21,22). The number of carboxylic acid groups (broad SMARTS) is 1. The molecule has 1 aromatic rings. The Morgan fingerprint density at radius 2 is 1.96 bits per heavy atom. The fourth-order valence-electron chi connectivity index (χ4n) is 2.61. The van der Waals surface area contributed by atoms with Crippen LogP contribution in [0.5, 0.6) is 0 Å². The molecular weight excluding hydrogens is 357 g/mol. The Hall–Kier alpha value is -2.31. The fraction of sp³-hybridized carbons (Fsp3) is 0.188. The normalized spacial score (nSPS) is 17.4. The number of esters is 1. The lowest BCUT2D eigenvalue weighted by Gasteiger charge is -2.29. The molecule has 0 saturated heterocycles. The van der Waals surface area contributed by atoms with Gasteiger partial charge in [-0.25, -0.2) is 9.59 Å². The maximum absolute atomic E-state index is 12.2. The van der Waals surface area contributed by atoms with Crippen LogP contribution in [0.2, 0.25) is 10.0 Å². The molecule has 8 heteroatoms. The number of allylic oxidation sites excluding steroid dienone is 2. The highest BCUT2D eigenvalue weighted by Gasteiger charge is 2.39. The summed E-state index contributed by atoms with van der Waals surface area (Å²) in [6.07, 6.45) is 0.436. The molecule has 0 aromatic heterocycles. The SMILES string of the molecule is COC(=O)C1=C(C=O)NC(C)=C(C(=O)O)C1c1ccc(Cl)cc1Cl. The van der Waals surface area contributed by atoms with Crippen LogP contribution in [-0.4, -0.2) is 30.4 Å². The molecule has 24 heavy (non-hydrogen) atoms. The molecule has 1 unspecified atom stereocenters.